The first-order valence-electron chi connectivity index (χ1n) is 9.80. The average Bonchev–Trinajstić information content (AvgIpc) is 3.00. The molecule has 2 atom stereocenters. The maximum Gasteiger partial charge on any atom is 0.222 e. The highest BCUT2D eigenvalue weighted by Gasteiger charge is 2.41. The number of ether oxygens (including phenoxy) is 1. The Morgan fingerprint density at radius 2 is 2.04 bits per heavy atom. The van der Waals surface area contributed by atoms with Gasteiger partial charge in [0.15, 0.2) is 0 Å². The molecule has 0 saturated carbocycles. The van der Waals surface area contributed by atoms with Crippen LogP contribution in [0.3, 0.4) is 0 Å². The van der Waals surface area contributed by atoms with Gasteiger partial charge in [-0.15, -0.1) is 5.10 Å². The molecular weight excluding hydrogens is 330 g/mol. The molecule has 4 heterocycles. The Kier molecular flexibility index (Phi) is 4.34. The van der Waals surface area contributed by atoms with Crippen molar-refractivity contribution >= 4 is 5.91 Å². The van der Waals surface area contributed by atoms with Crippen LogP contribution in [0.5, 0.6) is 0 Å². The predicted octanol–water partition coefficient (Wildman–Crippen LogP) is 1.90. The van der Waals surface area contributed by atoms with E-state index in [0.29, 0.717) is 25.5 Å². The molecule has 0 radical (unpaired) electrons. The van der Waals surface area contributed by atoms with Crippen LogP contribution in [-0.2, 0) is 16.1 Å². The molecule has 0 bridgehead atoms. The fraction of sp³-hybridized carbons (Fsp3) is 0.842. The monoisotopic (exact) mass is 361 g/mol. The molecular formula is C19H31N5O2. The summed E-state index contributed by atoms with van der Waals surface area (Å²) >= 11 is 0. The molecule has 1 aromatic heterocycles. The summed E-state index contributed by atoms with van der Waals surface area (Å²) in [6.45, 7) is 11.0. The number of fused-ring (bicyclic) bond motifs is 3. The molecule has 0 aliphatic carbocycles. The van der Waals surface area contributed by atoms with Crippen molar-refractivity contribution in [3.63, 3.8) is 0 Å². The predicted molar refractivity (Wildman–Crippen MR) is 97.5 cm³/mol. The van der Waals surface area contributed by atoms with Crippen molar-refractivity contribution in [1.29, 1.82) is 0 Å². The van der Waals surface area contributed by atoms with Crippen LogP contribution in [0.15, 0.2) is 6.20 Å². The first-order chi connectivity index (χ1) is 12.2. The van der Waals surface area contributed by atoms with Gasteiger partial charge in [0, 0.05) is 30.6 Å². The zero-order valence-electron chi connectivity index (χ0n) is 16.4. The van der Waals surface area contributed by atoms with Gasteiger partial charge in [-0.2, -0.15) is 0 Å². The SMILES string of the molecule is CC1(C)CC(CC(=O)N2CC[C@@H]3OCc4cnnn4[C@@H]3C2)CC(C)(C)N1. The molecule has 3 aliphatic heterocycles. The van der Waals surface area contributed by atoms with E-state index in [1.165, 1.54) is 0 Å². The quantitative estimate of drug-likeness (QED) is 0.871. The minimum absolute atomic E-state index is 0.0759. The highest BCUT2D eigenvalue weighted by Crippen LogP contribution is 2.36. The highest BCUT2D eigenvalue weighted by atomic mass is 16.5. The molecule has 1 amide bonds. The third kappa shape index (κ3) is 3.51. The smallest absolute Gasteiger partial charge is 0.222 e. The second kappa shape index (κ2) is 6.30. The number of rotatable bonds is 2. The Labute approximate surface area is 155 Å². The van der Waals surface area contributed by atoms with E-state index in [0.717, 1.165) is 31.5 Å². The van der Waals surface area contributed by atoms with Crippen molar-refractivity contribution < 1.29 is 9.53 Å². The van der Waals surface area contributed by atoms with Gasteiger partial charge in [-0.1, -0.05) is 5.21 Å². The second-order valence-electron chi connectivity index (χ2n) is 9.59. The number of amides is 1. The number of piperidine rings is 2. The fourth-order valence-corrected chi connectivity index (χ4v) is 5.46. The van der Waals surface area contributed by atoms with E-state index in [1.54, 1.807) is 6.20 Å². The molecule has 0 unspecified atom stereocenters. The van der Waals surface area contributed by atoms with E-state index in [9.17, 15) is 4.79 Å². The first-order valence-corrected chi connectivity index (χ1v) is 9.80. The molecule has 2 saturated heterocycles. The molecule has 3 aliphatic rings. The van der Waals surface area contributed by atoms with Gasteiger partial charge < -0.3 is 15.0 Å². The summed E-state index contributed by atoms with van der Waals surface area (Å²) in [5.74, 6) is 0.699. The van der Waals surface area contributed by atoms with Crippen LogP contribution < -0.4 is 5.32 Å². The van der Waals surface area contributed by atoms with Crippen molar-refractivity contribution in [2.24, 2.45) is 5.92 Å². The topological polar surface area (TPSA) is 72.3 Å². The van der Waals surface area contributed by atoms with Gasteiger partial charge in [0.2, 0.25) is 5.91 Å². The van der Waals surface area contributed by atoms with E-state index < -0.39 is 0 Å². The standard InChI is InChI=1S/C19H31N5O2/c1-18(2)8-13(9-19(3,4)21-18)7-17(25)23-6-5-16-15(11-23)24-14(12-26-16)10-20-22-24/h10,13,15-16,21H,5-9,11-12H2,1-4H3/t15-,16+/m1/s1. The zero-order chi connectivity index (χ0) is 18.5. The lowest BCUT2D eigenvalue weighted by molar-refractivity contribution is -0.139. The Balaban J connectivity index is 1.42. The number of carbonyl (C=O) groups excluding carboxylic acids is 1. The normalized spacial score (nSPS) is 30.5. The van der Waals surface area contributed by atoms with Crippen molar-refractivity contribution in [2.45, 2.75) is 83.2 Å². The minimum atomic E-state index is 0.0759. The van der Waals surface area contributed by atoms with E-state index in [1.807, 2.05) is 9.58 Å². The summed E-state index contributed by atoms with van der Waals surface area (Å²) < 4.78 is 7.91. The lowest BCUT2D eigenvalue weighted by atomic mass is 9.74. The number of likely N-dealkylation sites (tertiary alicyclic amines) is 1. The summed E-state index contributed by atoms with van der Waals surface area (Å²) in [6, 6.07) is 0.0971. The molecule has 144 valence electrons. The van der Waals surface area contributed by atoms with E-state index in [2.05, 4.69) is 43.3 Å². The number of carbonyl (C=O) groups is 1. The number of nitrogens with zero attached hydrogens (tertiary/aromatic N) is 4. The van der Waals surface area contributed by atoms with Gasteiger partial charge in [0.1, 0.15) is 0 Å². The van der Waals surface area contributed by atoms with Crippen LogP contribution in [0.2, 0.25) is 0 Å². The summed E-state index contributed by atoms with van der Waals surface area (Å²) in [4.78, 5) is 15.0. The number of hydrogen-bond donors (Lipinski definition) is 1. The second-order valence-corrected chi connectivity index (χ2v) is 9.59. The van der Waals surface area contributed by atoms with Gasteiger partial charge in [-0.3, -0.25) is 4.79 Å². The molecule has 0 spiro atoms. The van der Waals surface area contributed by atoms with Gasteiger partial charge in [0.05, 0.1) is 30.6 Å². The minimum Gasteiger partial charge on any atom is -0.370 e. The van der Waals surface area contributed by atoms with Gasteiger partial charge >= 0.3 is 0 Å². The van der Waals surface area contributed by atoms with E-state index in [-0.39, 0.29) is 29.1 Å². The summed E-state index contributed by atoms with van der Waals surface area (Å²) in [5, 5.41) is 11.9. The zero-order valence-corrected chi connectivity index (χ0v) is 16.4. The Bertz CT molecular complexity index is 667. The molecule has 4 rings (SSSR count). The molecule has 26 heavy (non-hydrogen) atoms. The third-order valence-electron chi connectivity index (χ3n) is 6.02. The lowest BCUT2D eigenvalue weighted by Gasteiger charge is -2.47. The molecule has 7 nitrogen and oxygen atoms in total. The molecule has 2 fully saturated rings. The van der Waals surface area contributed by atoms with Crippen molar-refractivity contribution in [1.82, 2.24) is 25.2 Å². The van der Waals surface area contributed by atoms with Crippen LogP contribution >= 0.6 is 0 Å². The molecule has 7 heteroatoms. The van der Waals surface area contributed by atoms with Gasteiger partial charge in [0.25, 0.3) is 0 Å². The average molecular weight is 361 g/mol. The van der Waals surface area contributed by atoms with Gasteiger partial charge in [-0.25, -0.2) is 4.68 Å². The van der Waals surface area contributed by atoms with E-state index >= 15 is 0 Å². The van der Waals surface area contributed by atoms with Crippen LogP contribution in [0, 0.1) is 5.92 Å². The molecule has 0 aromatic carbocycles. The van der Waals surface area contributed by atoms with Crippen LogP contribution in [0.4, 0.5) is 0 Å². The Morgan fingerprint density at radius 3 is 2.77 bits per heavy atom. The summed E-state index contributed by atoms with van der Waals surface area (Å²) in [6.07, 6.45) is 5.49. The lowest BCUT2D eigenvalue weighted by Crippen LogP contribution is -2.58. The van der Waals surface area contributed by atoms with E-state index in [4.69, 9.17) is 4.74 Å². The number of aromatic nitrogens is 3. The first kappa shape index (κ1) is 17.9. The maximum atomic E-state index is 13.0. The van der Waals surface area contributed by atoms with Crippen LogP contribution in [0.25, 0.3) is 0 Å². The fourth-order valence-electron chi connectivity index (χ4n) is 5.46. The third-order valence-corrected chi connectivity index (χ3v) is 6.02. The Hall–Kier alpha value is -1.47. The maximum absolute atomic E-state index is 13.0. The molecule has 1 aromatic rings. The number of hydrogen-bond acceptors (Lipinski definition) is 5. The van der Waals surface area contributed by atoms with Crippen LogP contribution in [-0.4, -0.2) is 56.1 Å². The van der Waals surface area contributed by atoms with Crippen molar-refractivity contribution in [3.05, 3.63) is 11.9 Å². The number of nitrogens with one attached hydrogen (secondary N) is 1. The Morgan fingerprint density at radius 1 is 1.31 bits per heavy atom. The van der Waals surface area contributed by atoms with Crippen molar-refractivity contribution in [3.8, 4) is 0 Å². The largest absolute Gasteiger partial charge is 0.370 e. The highest BCUT2D eigenvalue weighted by molar-refractivity contribution is 5.76. The van der Waals surface area contributed by atoms with Crippen molar-refractivity contribution in [2.75, 3.05) is 13.1 Å². The summed E-state index contributed by atoms with van der Waals surface area (Å²) in [5.41, 5.74) is 1.15. The summed E-state index contributed by atoms with van der Waals surface area (Å²) in [7, 11) is 0. The molecule has 1 N–H and O–H groups in total. The van der Waals surface area contributed by atoms with Gasteiger partial charge in [-0.05, 0) is 52.9 Å². The van der Waals surface area contributed by atoms with Crippen LogP contribution in [0.1, 0.15) is 65.1 Å².